The zero-order chi connectivity index (χ0) is 16.1. The zero-order valence-corrected chi connectivity index (χ0v) is 14.7. The Morgan fingerprint density at radius 1 is 1.17 bits per heavy atom. The molecule has 0 aliphatic carbocycles. The van der Waals surface area contributed by atoms with Gasteiger partial charge < -0.3 is 15.5 Å². The summed E-state index contributed by atoms with van der Waals surface area (Å²) in [5.74, 6) is 0.0194. The van der Waals surface area contributed by atoms with Gasteiger partial charge in [0.1, 0.15) is 0 Å². The van der Waals surface area contributed by atoms with Crippen molar-refractivity contribution in [3.8, 4) is 0 Å². The minimum atomic E-state index is 0. The van der Waals surface area contributed by atoms with Gasteiger partial charge in [-0.2, -0.15) is 0 Å². The Morgan fingerprint density at radius 3 is 2.67 bits per heavy atom. The van der Waals surface area contributed by atoms with Crippen molar-refractivity contribution in [1.82, 2.24) is 5.32 Å². The molecule has 24 heavy (non-hydrogen) atoms. The van der Waals surface area contributed by atoms with Crippen LogP contribution >= 0.6 is 12.4 Å². The number of benzene rings is 2. The highest BCUT2D eigenvalue weighted by Gasteiger charge is 2.17. The maximum atomic E-state index is 12.4. The molecular formula is C19H24ClN3O. The van der Waals surface area contributed by atoms with Gasteiger partial charge in [-0.15, -0.1) is 12.4 Å². The number of hydrogen-bond donors (Lipinski definition) is 2. The molecule has 1 aliphatic rings. The van der Waals surface area contributed by atoms with E-state index in [0.717, 1.165) is 37.4 Å². The van der Waals surface area contributed by atoms with E-state index in [1.54, 1.807) is 0 Å². The van der Waals surface area contributed by atoms with E-state index in [1.807, 2.05) is 24.3 Å². The SMILES string of the molecule is CCc1ccc(NC(=O)CN2CCNCc3ccccc32)cc1.Cl. The zero-order valence-electron chi connectivity index (χ0n) is 13.9. The highest BCUT2D eigenvalue weighted by Crippen LogP contribution is 2.22. The van der Waals surface area contributed by atoms with E-state index < -0.39 is 0 Å². The molecular weight excluding hydrogens is 322 g/mol. The first-order valence-corrected chi connectivity index (χ1v) is 8.18. The van der Waals surface area contributed by atoms with Crippen LogP contribution in [0.2, 0.25) is 0 Å². The summed E-state index contributed by atoms with van der Waals surface area (Å²) in [5, 5.41) is 6.39. The van der Waals surface area contributed by atoms with Crippen LogP contribution in [-0.2, 0) is 17.8 Å². The smallest absolute Gasteiger partial charge is 0.243 e. The highest BCUT2D eigenvalue weighted by molar-refractivity contribution is 5.94. The standard InChI is InChI=1S/C19H23N3O.ClH/c1-2-15-7-9-17(10-8-15)21-19(23)14-22-12-11-20-13-16-5-3-4-6-18(16)22;/h3-10,20H,2,11-14H2,1H3,(H,21,23);1H. The molecule has 0 saturated heterocycles. The number of carbonyl (C=O) groups excluding carboxylic acids is 1. The van der Waals surface area contributed by atoms with E-state index in [2.05, 4.69) is 46.7 Å². The van der Waals surface area contributed by atoms with Gasteiger partial charge in [-0.25, -0.2) is 0 Å². The van der Waals surface area contributed by atoms with E-state index in [1.165, 1.54) is 11.1 Å². The van der Waals surface area contributed by atoms with Crippen LogP contribution in [0.1, 0.15) is 18.1 Å². The van der Waals surface area contributed by atoms with Crippen molar-refractivity contribution in [3.05, 3.63) is 59.7 Å². The van der Waals surface area contributed by atoms with Crippen molar-refractivity contribution in [2.45, 2.75) is 19.9 Å². The van der Waals surface area contributed by atoms with E-state index in [0.29, 0.717) is 6.54 Å². The van der Waals surface area contributed by atoms with Crippen LogP contribution in [0.4, 0.5) is 11.4 Å². The molecule has 0 atom stereocenters. The lowest BCUT2D eigenvalue weighted by atomic mass is 10.1. The summed E-state index contributed by atoms with van der Waals surface area (Å²) in [6.07, 6.45) is 1.01. The van der Waals surface area contributed by atoms with Gasteiger partial charge in [0.2, 0.25) is 5.91 Å². The summed E-state index contributed by atoms with van der Waals surface area (Å²) in [4.78, 5) is 14.5. The average molecular weight is 346 g/mol. The van der Waals surface area contributed by atoms with E-state index in [-0.39, 0.29) is 18.3 Å². The Kier molecular flexibility index (Phi) is 6.64. The van der Waals surface area contributed by atoms with Crippen LogP contribution in [0.5, 0.6) is 0 Å². The molecule has 0 fully saturated rings. The summed E-state index contributed by atoms with van der Waals surface area (Å²) in [5.41, 5.74) is 4.52. The number of para-hydroxylation sites is 1. The monoisotopic (exact) mass is 345 g/mol. The molecule has 128 valence electrons. The van der Waals surface area contributed by atoms with Gasteiger partial charge >= 0.3 is 0 Å². The lowest BCUT2D eigenvalue weighted by Gasteiger charge is -2.23. The molecule has 0 spiro atoms. The maximum Gasteiger partial charge on any atom is 0.243 e. The fourth-order valence-corrected chi connectivity index (χ4v) is 2.89. The number of anilines is 2. The molecule has 0 unspecified atom stereocenters. The van der Waals surface area contributed by atoms with Crippen LogP contribution in [0.3, 0.4) is 0 Å². The maximum absolute atomic E-state index is 12.4. The summed E-state index contributed by atoms with van der Waals surface area (Å²) in [7, 11) is 0. The molecule has 3 rings (SSSR count). The fourth-order valence-electron chi connectivity index (χ4n) is 2.89. The van der Waals surface area contributed by atoms with Crippen LogP contribution in [0, 0.1) is 0 Å². The Morgan fingerprint density at radius 2 is 1.92 bits per heavy atom. The second-order valence-electron chi connectivity index (χ2n) is 5.83. The molecule has 0 aromatic heterocycles. The number of carbonyl (C=O) groups is 1. The number of fused-ring (bicyclic) bond motifs is 1. The van der Waals surface area contributed by atoms with Crippen molar-refractivity contribution in [3.63, 3.8) is 0 Å². The number of aryl methyl sites for hydroxylation is 1. The first-order chi connectivity index (χ1) is 11.3. The van der Waals surface area contributed by atoms with Gasteiger partial charge in [0.05, 0.1) is 6.54 Å². The van der Waals surface area contributed by atoms with Crippen molar-refractivity contribution >= 4 is 29.7 Å². The summed E-state index contributed by atoms with van der Waals surface area (Å²) in [6, 6.07) is 16.3. The van der Waals surface area contributed by atoms with E-state index >= 15 is 0 Å². The molecule has 0 bridgehead atoms. The van der Waals surface area contributed by atoms with Gasteiger partial charge in [-0.3, -0.25) is 4.79 Å². The summed E-state index contributed by atoms with van der Waals surface area (Å²) >= 11 is 0. The molecule has 1 heterocycles. The van der Waals surface area contributed by atoms with Gasteiger partial charge in [-0.05, 0) is 35.7 Å². The largest absolute Gasteiger partial charge is 0.361 e. The molecule has 0 saturated carbocycles. The van der Waals surface area contributed by atoms with Gasteiger partial charge in [0.25, 0.3) is 0 Å². The van der Waals surface area contributed by atoms with Gasteiger partial charge in [0.15, 0.2) is 0 Å². The van der Waals surface area contributed by atoms with Crippen molar-refractivity contribution in [1.29, 1.82) is 0 Å². The summed E-state index contributed by atoms with van der Waals surface area (Å²) in [6.45, 7) is 5.06. The number of hydrogen-bond acceptors (Lipinski definition) is 3. The molecule has 1 aliphatic heterocycles. The molecule has 2 aromatic carbocycles. The average Bonchev–Trinajstić information content (AvgIpc) is 2.78. The van der Waals surface area contributed by atoms with E-state index in [9.17, 15) is 4.79 Å². The van der Waals surface area contributed by atoms with Crippen LogP contribution in [0.25, 0.3) is 0 Å². The fraction of sp³-hybridized carbons (Fsp3) is 0.316. The van der Waals surface area contributed by atoms with Gasteiger partial charge in [-0.1, -0.05) is 37.3 Å². The Labute approximate surface area is 149 Å². The Bertz CT molecular complexity index is 673. The lowest BCUT2D eigenvalue weighted by molar-refractivity contribution is -0.115. The first-order valence-electron chi connectivity index (χ1n) is 8.18. The number of amides is 1. The second kappa shape index (κ2) is 8.71. The topological polar surface area (TPSA) is 44.4 Å². The predicted octanol–water partition coefficient (Wildman–Crippen LogP) is 3.22. The second-order valence-corrected chi connectivity index (χ2v) is 5.83. The summed E-state index contributed by atoms with van der Waals surface area (Å²) < 4.78 is 0. The van der Waals surface area contributed by atoms with Crippen molar-refractivity contribution < 1.29 is 4.79 Å². The van der Waals surface area contributed by atoms with Crippen LogP contribution < -0.4 is 15.5 Å². The molecule has 2 aromatic rings. The highest BCUT2D eigenvalue weighted by atomic mass is 35.5. The molecule has 1 amide bonds. The number of nitrogens with one attached hydrogen (secondary N) is 2. The minimum absolute atomic E-state index is 0. The van der Waals surface area contributed by atoms with E-state index in [4.69, 9.17) is 0 Å². The normalized spacial score (nSPS) is 13.5. The van der Waals surface area contributed by atoms with Gasteiger partial charge in [0, 0.05) is 31.0 Å². The predicted molar refractivity (Wildman–Crippen MR) is 102 cm³/mol. The van der Waals surface area contributed by atoms with Crippen LogP contribution in [0.15, 0.2) is 48.5 Å². The van der Waals surface area contributed by atoms with Crippen LogP contribution in [-0.4, -0.2) is 25.5 Å². The molecule has 5 heteroatoms. The Hall–Kier alpha value is -2.04. The lowest BCUT2D eigenvalue weighted by Crippen LogP contribution is -2.36. The third-order valence-corrected chi connectivity index (χ3v) is 4.19. The number of halogens is 1. The quantitative estimate of drug-likeness (QED) is 0.894. The Balaban J connectivity index is 0.00000208. The van der Waals surface area contributed by atoms with Crippen molar-refractivity contribution in [2.75, 3.05) is 29.9 Å². The number of rotatable bonds is 4. The molecule has 0 radical (unpaired) electrons. The third-order valence-electron chi connectivity index (χ3n) is 4.19. The molecule has 2 N–H and O–H groups in total. The molecule has 4 nitrogen and oxygen atoms in total. The third kappa shape index (κ3) is 4.49. The first kappa shape index (κ1) is 18.3. The minimum Gasteiger partial charge on any atom is -0.361 e. The number of nitrogens with zero attached hydrogens (tertiary/aromatic N) is 1. The van der Waals surface area contributed by atoms with Crippen molar-refractivity contribution in [2.24, 2.45) is 0 Å².